The first-order valence-corrected chi connectivity index (χ1v) is 5.88. The van der Waals surface area contributed by atoms with Crippen molar-refractivity contribution in [1.82, 2.24) is 9.97 Å². The summed E-state index contributed by atoms with van der Waals surface area (Å²) in [4.78, 5) is 8.82. The van der Waals surface area contributed by atoms with Gasteiger partial charge in [0.15, 0.2) is 0 Å². The number of methoxy groups -OCH3 is 1. The fourth-order valence-corrected chi connectivity index (χ4v) is 1.51. The molecule has 0 radical (unpaired) electrons. The van der Waals surface area contributed by atoms with Gasteiger partial charge >= 0.3 is 0 Å². The molecule has 3 N–H and O–H groups in total. The Bertz CT molecular complexity index is 354. The van der Waals surface area contributed by atoms with Gasteiger partial charge < -0.3 is 15.8 Å². The van der Waals surface area contributed by atoms with E-state index < -0.39 is 0 Å². The Morgan fingerprint density at radius 3 is 2.65 bits per heavy atom. The summed E-state index contributed by atoms with van der Waals surface area (Å²) >= 11 is 0. The van der Waals surface area contributed by atoms with Crippen molar-refractivity contribution in [2.75, 3.05) is 25.6 Å². The topological polar surface area (TPSA) is 73.1 Å². The fraction of sp³-hybridized carbons (Fsp3) is 0.667. The highest BCUT2D eigenvalue weighted by Gasteiger charge is 2.10. The maximum absolute atomic E-state index is 5.64. The normalized spacial score (nSPS) is 12.8. The molecular formula is C12H22N4O. The molecule has 1 aromatic rings. The average Bonchev–Trinajstić information content (AvgIpc) is 2.27. The van der Waals surface area contributed by atoms with Crippen molar-refractivity contribution in [3.05, 3.63) is 17.5 Å². The molecule has 1 aromatic heterocycles. The van der Waals surface area contributed by atoms with E-state index in [4.69, 9.17) is 10.5 Å². The standard InChI is InChI=1S/C12H22N4O/c1-8(2)11-5-9(3)14-12(16-11)15-10(6-13)7-17-4/h5,8,10H,6-7,13H2,1-4H3,(H,14,15,16). The minimum Gasteiger partial charge on any atom is -0.383 e. The second kappa shape index (κ2) is 6.51. The smallest absolute Gasteiger partial charge is 0.223 e. The Balaban J connectivity index is 2.82. The van der Waals surface area contributed by atoms with Crippen LogP contribution in [-0.2, 0) is 4.74 Å². The molecule has 0 aliphatic rings. The van der Waals surface area contributed by atoms with Crippen LogP contribution in [0.4, 0.5) is 5.95 Å². The Kier molecular flexibility index (Phi) is 5.31. The molecule has 0 aliphatic heterocycles. The number of nitrogens with one attached hydrogen (secondary N) is 1. The monoisotopic (exact) mass is 238 g/mol. The molecule has 0 amide bonds. The van der Waals surface area contributed by atoms with E-state index in [-0.39, 0.29) is 6.04 Å². The van der Waals surface area contributed by atoms with E-state index in [0.717, 1.165) is 11.4 Å². The number of rotatable bonds is 6. The largest absolute Gasteiger partial charge is 0.383 e. The number of aryl methyl sites for hydroxylation is 1. The van der Waals surface area contributed by atoms with Crippen LogP contribution in [0.2, 0.25) is 0 Å². The highest BCUT2D eigenvalue weighted by atomic mass is 16.5. The van der Waals surface area contributed by atoms with Crippen molar-refractivity contribution in [2.24, 2.45) is 5.73 Å². The van der Waals surface area contributed by atoms with Gasteiger partial charge in [0.05, 0.1) is 12.6 Å². The lowest BCUT2D eigenvalue weighted by Crippen LogP contribution is -2.34. The molecular weight excluding hydrogens is 216 g/mol. The summed E-state index contributed by atoms with van der Waals surface area (Å²) < 4.78 is 5.08. The van der Waals surface area contributed by atoms with E-state index in [9.17, 15) is 0 Å². The quantitative estimate of drug-likeness (QED) is 0.781. The highest BCUT2D eigenvalue weighted by molar-refractivity contribution is 5.30. The van der Waals surface area contributed by atoms with Crippen molar-refractivity contribution >= 4 is 5.95 Å². The van der Waals surface area contributed by atoms with Gasteiger partial charge in [0, 0.05) is 25.0 Å². The molecule has 1 atom stereocenters. The summed E-state index contributed by atoms with van der Waals surface area (Å²) in [5.41, 5.74) is 7.64. The Morgan fingerprint density at radius 2 is 2.12 bits per heavy atom. The van der Waals surface area contributed by atoms with Crippen LogP contribution in [0.1, 0.15) is 31.2 Å². The molecule has 17 heavy (non-hydrogen) atoms. The van der Waals surface area contributed by atoms with Gasteiger partial charge in [0.25, 0.3) is 0 Å². The minimum absolute atomic E-state index is 0.0433. The summed E-state index contributed by atoms with van der Waals surface area (Å²) in [6.45, 7) is 7.22. The molecule has 0 saturated carbocycles. The van der Waals surface area contributed by atoms with E-state index >= 15 is 0 Å². The van der Waals surface area contributed by atoms with E-state index in [1.807, 2.05) is 13.0 Å². The first-order chi connectivity index (χ1) is 8.06. The lowest BCUT2D eigenvalue weighted by molar-refractivity contribution is 0.187. The third-order valence-electron chi connectivity index (χ3n) is 2.45. The molecule has 0 aliphatic carbocycles. The van der Waals surface area contributed by atoms with Gasteiger partial charge in [0.1, 0.15) is 0 Å². The van der Waals surface area contributed by atoms with Crippen molar-refractivity contribution in [1.29, 1.82) is 0 Å². The third-order valence-corrected chi connectivity index (χ3v) is 2.45. The number of anilines is 1. The molecule has 96 valence electrons. The van der Waals surface area contributed by atoms with Gasteiger partial charge in [-0.2, -0.15) is 0 Å². The van der Waals surface area contributed by atoms with Gasteiger partial charge in [-0.05, 0) is 18.9 Å². The summed E-state index contributed by atoms with van der Waals surface area (Å²) in [5.74, 6) is 1.01. The van der Waals surface area contributed by atoms with Gasteiger partial charge in [-0.3, -0.25) is 0 Å². The van der Waals surface area contributed by atoms with E-state index in [0.29, 0.717) is 25.0 Å². The number of hydrogen-bond donors (Lipinski definition) is 2. The van der Waals surface area contributed by atoms with E-state index in [2.05, 4.69) is 29.1 Å². The summed E-state index contributed by atoms with van der Waals surface area (Å²) in [6, 6.07) is 2.05. The van der Waals surface area contributed by atoms with Gasteiger partial charge in [-0.1, -0.05) is 13.8 Å². The SMILES string of the molecule is COCC(CN)Nc1nc(C)cc(C(C)C)n1. The molecule has 0 saturated heterocycles. The lowest BCUT2D eigenvalue weighted by Gasteiger charge is -2.17. The van der Waals surface area contributed by atoms with E-state index in [1.54, 1.807) is 7.11 Å². The van der Waals surface area contributed by atoms with Crippen LogP contribution in [-0.4, -0.2) is 36.3 Å². The maximum atomic E-state index is 5.64. The minimum atomic E-state index is 0.0433. The Morgan fingerprint density at radius 1 is 1.41 bits per heavy atom. The summed E-state index contributed by atoms with van der Waals surface area (Å²) in [5, 5.41) is 3.19. The lowest BCUT2D eigenvalue weighted by atomic mass is 10.1. The molecule has 0 aromatic carbocycles. The van der Waals surface area contributed by atoms with E-state index in [1.165, 1.54) is 0 Å². The molecule has 1 heterocycles. The number of nitrogens with two attached hydrogens (primary N) is 1. The Hall–Kier alpha value is -1.20. The molecule has 0 spiro atoms. The zero-order chi connectivity index (χ0) is 12.8. The molecule has 5 heteroatoms. The van der Waals surface area contributed by atoms with Crippen LogP contribution in [0.15, 0.2) is 6.07 Å². The average molecular weight is 238 g/mol. The number of nitrogens with zero attached hydrogens (tertiary/aromatic N) is 2. The van der Waals surface area contributed by atoms with Crippen LogP contribution in [0.3, 0.4) is 0 Å². The fourth-order valence-electron chi connectivity index (χ4n) is 1.51. The van der Waals surface area contributed by atoms with Crippen LogP contribution in [0.25, 0.3) is 0 Å². The number of hydrogen-bond acceptors (Lipinski definition) is 5. The summed E-state index contributed by atoms with van der Waals surface area (Å²) in [7, 11) is 1.65. The zero-order valence-corrected chi connectivity index (χ0v) is 11.0. The van der Waals surface area contributed by atoms with Crippen molar-refractivity contribution in [2.45, 2.75) is 32.7 Å². The number of aromatic nitrogens is 2. The van der Waals surface area contributed by atoms with Crippen molar-refractivity contribution in [3.63, 3.8) is 0 Å². The molecule has 1 unspecified atom stereocenters. The predicted molar refractivity (Wildman–Crippen MR) is 69.2 cm³/mol. The van der Waals surface area contributed by atoms with Crippen LogP contribution in [0.5, 0.6) is 0 Å². The second-order valence-electron chi connectivity index (χ2n) is 4.44. The Labute approximate surface area is 103 Å². The molecule has 1 rings (SSSR count). The van der Waals surface area contributed by atoms with Crippen LogP contribution >= 0.6 is 0 Å². The third kappa shape index (κ3) is 4.28. The number of ether oxygens (including phenoxy) is 1. The van der Waals surface area contributed by atoms with Gasteiger partial charge in [-0.25, -0.2) is 9.97 Å². The van der Waals surface area contributed by atoms with Crippen LogP contribution < -0.4 is 11.1 Å². The van der Waals surface area contributed by atoms with Gasteiger partial charge in [-0.15, -0.1) is 0 Å². The highest BCUT2D eigenvalue weighted by Crippen LogP contribution is 2.14. The maximum Gasteiger partial charge on any atom is 0.223 e. The van der Waals surface area contributed by atoms with Crippen LogP contribution in [0, 0.1) is 6.92 Å². The van der Waals surface area contributed by atoms with Gasteiger partial charge in [0.2, 0.25) is 5.95 Å². The second-order valence-corrected chi connectivity index (χ2v) is 4.44. The molecule has 0 bridgehead atoms. The first-order valence-electron chi connectivity index (χ1n) is 5.88. The van der Waals surface area contributed by atoms with Crippen molar-refractivity contribution < 1.29 is 4.74 Å². The zero-order valence-electron chi connectivity index (χ0n) is 11.0. The van der Waals surface area contributed by atoms with Crippen molar-refractivity contribution in [3.8, 4) is 0 Å². The predicted octanol–water partition coefficient (Wildman–Crippen LogP) is 1.29. The first kappa shape index (κ1) is 13.9. The molecule has 0 fully saturated rings. The molecule has 5 nitrogen and oxygen atoms in total. The summed E-state index contributed by atoms with van der Waals surface area (Å²) in [6.07, 6.45) is 0.